The van der Waals surface area contributed by atoms with Crippen LogP contribution in [0.15, 0.2) is 11.8 Å². The summed E-state index contributed by atoms with van der Waals surface area (Å²) in [7, 11) is 0. The lowest BCUT2D eigenvalue weighted by Crippen LogP contribution is -2.40. The van der Waals surface area contributed by atoms with Gasteiger partial charge in [-0.3, -0.25) is 0 Å². The third kappa shape index (κ3) is 7.74. The van der Waals surface area contributed by atoms with E-state index in [0.29, 0.717) is 23.7 Å². The van der Waals surface area contributed by atoms with Crippen molar-refractivity contribution in [2.75, 3.05) is 6.26 Å². The Morgan fingerprint density at radius 1 is 1.26 bits per heavy atom. The van der Waals surface area contributed by atoms with E-state index in [2.05, 4.69) is 34.0 Å². The molecule has 0 saturated heterocycles. The van der Waals surface area contributed by atoms with Gasteiger partial charge in [0, 0.05) is 11.2 Å². The molecule has 0 aliphatic carbocycles. The minimum Gasteiger partial charge on any atom is -0.484 e. The molecule has 0 aromatic heterocycles. The van der Waals surface area contributed by atoms with Crippen LogP contribution in [0.3, 0.4) is 0 Å². The Bertz CT molecular complexity index is 342. The standard InChI is InChI=1S/C19H38O2S2/c1-9-13(5)21-19(23-8)18(14(6)12(3)4)17(15(7)22)11-16(20)10-2/h9,12,14-20,22H,10-11H2,1-8H3/b13-9+. The first-order valence-electron chi connectivity index (χ1n) is 8.87. The minimum absolute atomic E-state index is 0.0901. The summed E-state index contributed by atoms with van der Waals surface area (Å²) in [6, 6.07) is 0. The highest BCUT2D eigenvalue weighted by Crippen LogP contribution is 2.41. The SMILES string of the molecule is C/C=C(\C)OC(SC)C(C(C)C(C)C)C(CC(O)CC)C(C)S. The maximum atomic E-state index is 10.2. The zero-order valence-corrected chi connectivity index (χ0v) is 18.0. The zero-order valence-electron chi connectivity index (χ0n) is 16.2. The normalized spacial score (nSPS) is 20.7. The Morgan fingerprint density at radius 2 is 1.83 bits per heavy atom. The predicted molar refractivity (Wildman–Crippen MR) is 108 cm³/mol. The van der Waals surface area contributed by atoms with Gasteiger partial charge in [0.05, 0.1) is 11.9 Å². The molecule has 0 aliphatic heterocycles. The van der Waals surface area contributed by atoms with Crippen molar-refractivity contribution >= 4 is 24.4 Å². The molecular weight excluding hydrogens is 324 g/mol. The fraction of sp³-hybridized carbons (Fsp3) is 0.895. The molecule has 0 amide bonds. The van der Waals surface area contributed by atoms with Gasteiger partial charge in [-0.2, -0.15) is 12.6 Å². The van der Waals surface area contributed by atoms with E-state index in [-0.39, 0.29) is 16.8 Å². The number of hydrogen-bond donors (Lipinski definition) is 2. The van der Waals surface area contributed by atoms with Crippen LogP contribution in [-0.4, -0.2) is 28.2 Å². The van der Waals surface area contributed by atoms with Crippen molar-refractivity contribution in [1.82, 2.24) is 0 Å². The number of thioether (sulfide) groups is 1. The molecule has 0 aromatic carbocycles. The number of hydrogen-bond acceptors (Lipinski definition) is 4. The Balaban J connectivity index is 5.59. The highest BCUT2D eigenvalue weighted by atomic mass is 32.2. The van der Waals surface area contributed by atoms with E-state index in [1.807, 2.05) is 26.8 Å². The molecule has 0 rings (SSSR count). The predicted octanol–water partition coefficient (Wildman–Crippen LogP) is 5.62. The van der Waals surface area contributed by atoms with Gasteiger partial charge in [0.1, 0.15) is 5.44 Å². The maximum absolute atomic E-state index is 10.2. The second kappa shape index (κ2) is 11.7. The summed E-state index contributed by atoms with van der Waals surface area (Å²) in [6.07, 6.45) is 5.45. The van der Waals surface area contributed by atoms with Gasteiger partial charge < -0.3 is 9.84 Å². The number of aliphatic hydroxyl groups excluding tert-OH is 1. The lowest BCUT2D eigenvalue weighted by atomic mass is 9.73. The van der Waals surface area contributed by atoms with Gasteiger partial charge in [0.25, 0.3) is 0 Å². The lowest BCUT2D eigenvalue weighted by Gasteiger charge is -2.41. The van der Waals surface area contributed by atoms with E-state index in [9.17, 15) is 5.11 Å². The molecule has 0 aliphatic rings. The number of thiol groups is 1. The van der Waals surface area contributed by atoms with Crippen LogP contribution >= 0.6 is 24.4 Å². The van der Waals surface area contributed by atoms with E-state index in [4.69, 9.17) is 17.4 Å². The molecule has 1 N–H and O–H groups in total. The van der Waals surface area contributed by atoms with Crippen LogP contribution in [0.2, 0.25) is 0 Å². The summed E-state index contributed by atoms with van der Waals surface area (Å²) >= 11 is 6.53. The number of aliphatic hydroxyl groups is 1. The average Bonchev–Trinajstić information content (AvgIpc) is 2.51. The molecule has 0 bridgehead atoms. The molecular formula is C19H38O2S2. The van der Waals surface area contributed by atoms with Crippen molar-refractivity contribution in [3.63, 3.8) is 0 Å². The highest BCUT2D eigenvalue weighted by Gasteiger charge is 2.38. The third-order valence-corrected chi connectivity index (χ3v) is 6.30. The van der Waals surface area contributed by atoms with E-state index in [1.54, 1.807) is 11.8 Å². The van der Waals surface area contributed by atoms with Crippen LogP contribution in [0, 0.1) is 23.7 Å². The summed E-state index contributed by atoms with van der Waals surface area (Å²) in [5.41, 5.74) is 0.0901. The van der Waals surface area contributed by atoms with Crippen LogP contribution < -0.4 is 0 Å². The van der Waals surface area contributed by atoms with E-state index >= 15 is 0 Å². The summed E-state index contributed by atoms with van der Waals surface area (Å²) in [5.74, 6) is 2.71. The molecule has 4 heteroatoms. The first kappa shape index (κ1) is 23.2. The molecule has 0 aromatic rings. The van der Waals surface area contributed by atoms with Gasteiger partial charge in [-0.15, -0.1) is 11.8 Å². The van der Waals surface area contributed by atoms with Crippen LogP contribution in [0.5, 0.6) is 0 Å². The van der Waals surface area contributed by atoms with Crippen molar-refractivity contribution in [2.45, 2.75) is 78.1 Å². The smallest absolute Gasteiger partial charge is 0.147 e. The lowest BCUT2D eigenvalue weighted by molar-refractivity contribution is 0.0319. The first-order chi connectivity index (χ1) is 10.7. The summed E-state index contributed by atoms with van der Waals surface area (Å²) in [5, 5.41) is 10.5. The molecule has 6 atom stereocenters. The monoisotopic (exact) mass is 362 g/mol. The second-order valence-corrected chi connectivity index (χ2v) is 8.75. The number of allylic oxidation sites excluding steroid dienone is 2. The summed E-state index contributed by atoms with van der Waals surface area (Å²) < 4.78 is 6.24. The zero-order chi connectivity index (χ0) is 18.2. The molecule has 0 radical (unpaired) electrons. The van der Waals surface area contributed by atoms with E-state index in [1.165, 1.54) is 0 Å². The van der Waals surface area contributed by atoms with Crippen molar-refractivity contribution in [3.05, 3.63) is 11.8 Å². The topological polar surface area (TPSA) is 29.5 Å². The van der Waals surface area contributed by atoms with Gasteiger partial charge in [-0.25, -0.2) is 0 Å². The third-order valence-electron chi connectivity index (χ3n) is 5.04. The van der Waals surface area contributed by atoms with Crippen molar-refractivity contribution in [1.29, 1.82) is 0 Å². The van der Waals surface area contributed by atoms with Crippen molar-refractivity contribution in [2.24, 2.45) is 23.7 Å². The molecule has 2 nitrogen and oxygen atoms in total. The quantitative estimate of drug-likeness (QED) is 0.284. The summed E-state index contributed by atoms with van der Waals surface area (Å²) in [6.45, 7) is 15.1. The summed E-state index contributed by atoms with van der Waals surface area (Å²) in [4.78, 5) is 0. The van der Waals surface area contributed by atoms with Crippen LogP contribution in [-0.2, 0) is 4.74 Å². The van der Waals surface area contributed by atoms with Crippen molar-refractivity contribution < 1.29 is 9.84 Å². The van der Waals surface area contributed by atoms with Crippen LogP contribution in [0.1, 0.15) is 61.3 Å². The van der Waals surface area contributed by atoms with Crippen LogP contribution in [0.25, 0.3) is 0 Å². The number of ether oxygens (including phenoxy) is 1. The molecule has 0 spiro atoms. The van der Waals surface area contributed by atoms with Gasteiger partial charge in [0.15, 0.2) is 0 Å². The second-order valence-electron chi connectivity index (χ2n) is 7.00. The first-order valence-corrected chi connectivity index (χ1v) is 10.7. The van der Waals surface area contributed by atoms with Gasteiger partial charge >= 0.3 is 0 Å². The van der Waals surface area contributed by atoms with Crippen molar-refractivity contribution in [3.8, 4) is 0 Å². The Morgan fingerprint density at radius 3 is 2.17 bits per heavy atom. The van der Waals surface area contributed by atoms with Gasteiger partial charge in [-0.1, -0.05) is 34.6 Å². The molecule has 138 valence electrons. The van der Waals surface area contributed by atoms with Gasteiger partial charge in [-0.05, 0) is 56.8 Å². The average molecular weight is 363 g/mol. The molecule has 23 heavy (non-hydrogen) atoms. The minimum atomic E-state index is -0.262. The maximum Gasteiger partial charge on any atom is 0.147 e. The molecule has 0 heterocycles. The Kier molecular flexibility index (Phi) is 11.8. The largest absolute Gasteiger partial charge is 0.484 e. The Hall–Kier alpha value is 0.200. The molecule has 0 fully saturated rings. The van der Waals surface area contributed by atoms with Gasteiger partial charge in [0.2, 0.25) is 0 Å². The van der Waals surface area contributed by atoms with Crippen LogP contribution in [0.4, 0.5) is 0 Å². The number of rotatable bonds is 11. The highest BCUT2D eigenvalue weighted by molar-refractivity contribution is 7.99. The fourth-order valence-corrected chi connectivity index (χ4v) is 4.31. The van der Waals surface area contributed by atoms with E-state index in [0.717, 1.165) is 18.6 Å². The van der Waals surface area contributed by atoms with E-state index < -0.39 is 0 Å². The molecule has 0 saturated carbocycles. The Labute approximate surface area is 154 Å². The molecule has 6 unspecified atom stereocenters. The fourth-order valence-electron chi connectivity index (χ4n) is 2.98.